The van der Waals surface area contributed by atoms with E-state index in [1.165, 1.54) is 12.1 Å². The topological polar surface area (TPSA) is 103 Å². The van der Waals surface area contributed by atoms with Gasteiger partial charge in [-0.15, -0.1) is 0 Å². The molecule has 1 aromatic heterocycles. The molecule has 1 aliphatic heterocycles. The Morgan fingerprint density at radius 1 is 1.44 bits per heavy atom. The zero-order valence-corrected chi connectivity index (χ0v) is 12.7. The molecular formula is C15H13F2N3O5. The Bertz CT molecular complexity index is 857. The van der Waals surface area contributed by atoms with Crippen molar-refractivity contribution in [3.63, 3.8) is 0 Å². The minimum Gasteiger partial charge on any atom is -0.391 e. The van der Waals surface area contributed by atoms with Crippen LogP contribution < -0.4 is 11.0 Å². The molecule has 25 heavy (non-hydrogen) atoms. The van der Waals surface area contributed by atoms with Crippen LogP contribution in [0.1, 0.15) is 16.6 Å². The van der Waals surface area contributed by atoms with Crippen molar-refractivity contribution in [1.82, 2.24) is 9.55 Å². The highest BCUT2D eigenvalue weighted by molar-refractivity contribution is 6.03. The lowest BCUT2D eigenvalue weighted by Crippen LogP contribution is -2.30. The van der Waals surface area contributed by atoms with Crippen LogP contribution in [0.4, 0.5) is 14.6 Å². The molecule has 1 fully saturated rings. The number of aliphatic hydroxyl groups excluding tert-OH is 1. The van der Waals surface area contributed by atoms with Crippen LogP contribution in [0.15, 0.2) is 35.3 Å². The van der Waals surface area contributed by atoms with E-state index in [9.17, 15) is 18.4 Å². The maximum atomic E-state index is 14.2. The second kappa shape index (κ2) is 7.05. The van der Waals surface area contributed by atoms with Gasteiger partial charge in [0.15, 0.2) is 24.2 Å². The van der Waals surface area contributed by atoms with Gasteiger partial charge < -0.3 is 19.9 Å². The first-order chi connectivity index (χ1) is 12.0. The highest BCUT2D eigenvalue weighted by Gasteiger charge is 2.28. The van der Waals surface area contributed by atoms with E-state index in [0.717, 1.165) is 22.9 Å². The third kappa shape index (κ3) is 3.71. The standard InChI is InChI=1S/C15H13F2N3O5/c16-9-3-1-2-8(4-9)14(22)18-13-10(17)5-20(15(23)19-13)11-7-24-12(6-21)25-11/h1-5,11-12,21H,6-7H2,(H,18,19,22,23)/t11-,12-/m1/s1. The SMILES string of the molecule is O=C(Nc1nc(=O)n([C@H]2CO[C@@H](CO)O2)cc1F)c1cccc(F)c1. The summed E-state index contributed by atoms with van der Waals surface area (Å²) in [5.74, 6) is -3.02. The molecule has 2 heterocycles. The first-order valence-corrected chi connectivity index (χ1v) is 7.21. The summed E-state index contributed by atoms with van der Waals surface area (Å²) in [4.78, 5) is 27.5. The number of carbonyl (C=O) groups excluding carboxylic acids is 1. The van der Waals surface area contributed by atoms with Crippen molar-refractivity contribution in [2.24, 2.45) is 0 Å². The number of anilines is 1. The Kier molecular flexibility index (Phi) is 4.83. The van der Waals surface area contributed by atoms with Gasteiger partial charge in [-0.2, -0.15) is 4.98 Å². The molecule has 2 N–H and O–H groups in total. The maximum Gasteiger partial charge on any atom is 0.351 e. The fraction of sp³-hybridized carbons (Fsp3) is 0.267. The second-order valence-electron chi connectivity index (χ2n) is 5.13. The van der Waals surface area contributed by atoms with Crippen LogP contribution in [0.2, 0.25) is 0 Å². The molecule has 0 aliphatic carbocycles. The van der Waals surface area contributed by atoms with Gasteiger partial charge in [-0.25, -0.2) is 13.6 Å². The summed E-state index contributed by atoms with van der Waals surface area (Å²) >= 11 is 0. The number of halogens is 2. The predicted molar refractivity (Wildman–Crippen MR) is 79.8 cm³/mol. The van der Waals surface area contributed by atoms with Crippen molar-refractivity contribution >= 4 is 11.7 Å². The van der Waals surface area contributed by atoms with Gasteiger partial charge >= 0.3 is 5.69 Å². The molecule has 2 aromatic rings. The van der Waals surface area contributed by atoms with E-state index >= 15 is 0 Å². The monoisotopic (exact) mass is 353 g/mol. The van der Waals surface area contributed by atoms with E-state index in [-0.39, 0.29) is 12.2 Å². The molecule has 1 saturated heterocycles. The number of nitrogens with zero attached hydrogens (tertiary/aromatic N) is 2. The highest BCUT2D eigenvalue weighted by atomic mass is 19.1. The minimum absolute atomic E-state index is 0.0521. The molecule has 3 rings (SSSR count). The summed E-state index contributed by atoms with van der Waals surface area (Å²) in [6.07, 6.45) is -1.04. The molecule has 1 amide bonds. The lowest BCUT2D eigenvalue weighted by Gasteiger charge is -2.13. The van der Waals surface area contributed by atoms with Crippen LogP contribution in [-0.4, -0.2) is 40.1 Å². The van der Waals surface area contributed by atoms with Crippen LogP contribution in [0.25, 0.3) is 0 Å². The van der Waals surface area contributed by atoms with Crippen LogP contribution in [-0.2, 0) is 9.47 Å². The molecule has 0 saturated carbocycles. The van der Waals surface area contributed by atoms with Gasteiger partial charge in [-0.05, 0) is 18.2 Å². The van der Waals surface area contributed by atoms with Gasteiger partial charge in [-0.1, -0.05) is 6.07 Å². The quantitative estimate of drug-likeness (QED) is 0.836. The Morgan fingerprint density at radius 3 is 2.92 bits per heavy atom. The van der Waals surface area contributed by atoms with Gasteiger partial charge in [0.2, 0.25) is 0 Å². The third-order valence-corrected chi connectivity index (χ3v) is 3.42. The number of aromatic nitrogens is 2. The van der Waals surface area contributed by atoms with E-state index in [1.807, 2.05) is 0 Å². The van der Waals surface area contributed by atoms with Crippen LogP contribution in [0, 0.1) is 11.6 Å². The zero-order chi connectivity index (χ0) is 18.0. The molecule has 2 atom stereocenters. The summed E-state index contributed by atoms with van der Waals surface area (Å²) < 4.78 is 38.4. The zero-order valence-electron chi connectivity index (χ0n) is 12.7. The minimum atomic E-state index is -0.986. The van der Waals surface area contributed by atoms with Gasteiger partial charge in [-0.3, -0.25) is 9.36 Å². The maximum absolute atomic E-state index is 14.2. The molecule has 8 nitrogen and oxygen atoms in total. The van der Waals surface area contributed by atoms with Crippen molar-refractivity contribution in [3.05, 3.63) is 58.1 Å². The van der Waals surface area contributed by atoms with Crippen molar-refractivity contribution in [2.75, 3.05) is 18.5 Å². The second-order valence-corrected chi connectivity index (χ2v) is 5.13. The van der Waals surface area contributed by atoms with Crippen LogP contribution in [0.5, 0.6) is 0 Å². The smallest absolute Gasteiger partial charge is 0.351 e. The summed E-state index contributed by atoms with van der Waals surface area (Å²) in [5, 5.41) is 11.0. The van der Waals surface area contributed by atoms with Gasteiger partial charge in [0.1, 0.15) is 5.82 Å². The number of rotatable bonds is 4. The highest BCUT2D eigenvalue weighted by Crippen LogP contribution is 2.20. The summed E-state index contributed by atoms with van der Waals surface area (Å²) in [7, 11) is 0. The van der Waals surface area contributed by atoms with Crippen molar-refractivity contribution in [1.29, 1.82) is 0 Å². The average molecular weight is 353 g/mol. The molecule has 0 unspecified atom stereocenters. The first-order valence-electron chi connectivity index (χ1n) is 7.21. The molecule has 0 spiro atoms. The van der Waals surface area contributed by atoms with E-state index in [0.29, 0.717) is 0 Å². The average Bonchev–Trinajstić information content (AvgIpc) is 3.06. The molecule has 1 aliphatic rings. The molecular weight excluding hydrogens is 340 g/mol. The molecule has 1 aromatic carbocycles. The Balaban J connectivity index is 1.81. The fourth-order valence-corrected chi connectivity index (χ4v) is 2.23. The number of amides is 1. The molecule has 10 heteroatoms. The summed E-state index contributed by atoms with van der Waals surface area (Å²) in [5.41, 5.74) is -0.938. The van der Waals surface area contributed by atoms with E-state index in [4.69, 9.17) is 14.6 Å². The lowest BCUT2D eigenvalue weighted by atomic mass is 10.2. The predicted octanol–water partition coefficient (Wildman–Crippen LogP) is 0.638. The van der Waals surface area contributed by atoms with Crippen molar-refractivity contribution in [2.45, 2.75) is 12.5 Å². The number of nitrogens with one attached hydrogen (secondary N) is 1. The number of hydrogen-bond acceptors (Lipinski definition) is 6. The van der Waals surface area contributed by atoms with E-state index in [2.05, 4.69) is 10.3 Å². The summed E-state index contributed by atoms with van der Waals surface area (Å²) in [6.45, 7) is -0.482. The molecule has 132 valence electrons. The van der Waals surface area contributed by atoms with Crippen LogP contribution in [0.3, 0.4) is 0 Å². The number of hydrogen-bond donors (Lipinski definition) is 2. The Morgan fingerprint density at radius 2 is 2.24 bits per heavy atom. The van der Waals surface area contributed by atoms with E-state index < -0.39 is 48.2 Å². The first kappa shape index (κ1) is 17.1. The van der Waals surface area contributed by atoms with E-state index in [1.54, 1.807) is 0 Å². The number of benzene rings is 1. The van der Waals surface area contributed by atoms with Crippen molar-refractivity contribution in [3.8, 4) is 0 Å². The molecule has 0 bridgehead atoms. The van der Waals surface area contributed by atoms with Crippen LogP contribution >= 0.6 is 0 Å². The Hall–Kier alpha value is -2.69. The Labute approximate surface area is 139 Å². The number of ether oxygens (including phenoxy) is 2. The fourth-order valence-electron chi connectivity index (χ4n) is 2.23. The normalized spacial score (nSPS) is 19.8. The third-order valence-electron chi connectivity index (χ3n) is 3.42. The number of aliphatic hydroxyl groups is 1. The lowest BCUT2D eigenvalue weighted by molar-refractivity contribution is -0.0993. The largest absolute Gasteiger partial charge is 0.391 e. The van der Waals surface area contributed by atoms with Gasteiger partial charge in [0.05, 0.1) is 19.4 Å². The summed E-state index contributed by atoms with van der Waals surface area (Å²) in [6, 6.07) is 4.77. The van der Waals surface area contributed by atoms with Gasteiger partial charge in [0, 0.05) is 5.56 Å². The van der Waals surface area contributed by atoms with Crippen molar-refractivity contribution < 1.29 is 28.2 Å². The van der Waals surface area contributed by atoms with Gasteiger partial charge in [0.25, 0.3) is 5.91 Å². The molecule has 0 radical (unpaired) electrons. The number of carbonyl (C=O) groups is 1.